The van der Waals surface area contributed by atoms with E-state index in [1.165, 1.54) is 6.07 Å². The molecule has 0 atom stereocenters. The van der Waals surface area contributed by atoms with Crippen molar-refractivity contribution in [2.24, 2.45) is 0 Å². The first-order valence-electron chi connectivity index (χ1n) is 5.05. The highest BCUT2D eigenvalue weighted by atomic mass is 35.5. The second-order valence-corrected chi connectivity index (χ2v) is 5.75. The number of halogens is 2. The van der Waals surface area contributed by atoms with Gasteiger partial charge in [-0.25, -0.2) is 12.8 Å². The average molecular weight is 281 g/mol. The molecule has 0 aromatic heterocycles. The van der Waals surface area contributed by atoms with E-state index in [0.717, 1.165) is 12.1 Å². The van der Waals surface area contributed by atoms with Gasteiger partial charge < -0.3 is 5.32 Å². The van der Waals surface area contributed by atoms with Crippen LogP contribution in [-0.4, -0.2) is 27.8 Å². The molecule has 0 bridgehead atoms. The van der Waals surface area contributed by atoms with Gasteiger partial charge in [0.05, 0.1) is 16.5 Å². The second kappa shape index (κ2) is 6.18. The molecule has 0 saturated heterocycles. The van der Waals surface area contributed by atoms with Crippen molar-refractivity contribution in [3.05, 3.63) is 29.0 Å². The van der Waals surface area contributed by atoms with Gasteiger partial charge in [0.15, 0.2) is 0 Å². The van der Waals surface area contributed by atoms with Crippen LogP contribution in [0.5, 0.6) is 0 Å². The zero-order valence-electron chi connectivity index (χ0n) is 9.33. The minimum atomic E-state index is -3.44. The van der Waals surface area contributed by atoms with Crippen molar-refractivity contribution in [2.45, 2.75) is 6.42 Å². The molecule has 7 heteroatoms. The largest absolute Gasteiger partial charge is 0.320 e. The second-order valence-electron chi connectivity index (χ2n) is 3.50. The van der Waals surface area contributed by atoms with E-state index in [-0.39, 0.29) is 16.5 Å². The Morgan fingerprint density at radius 3 is 2.71 bits per heavy atom. The minimum Gasteiger partial charge on any atom is -0.320 e. The molecule has 0 aliphatic heterocycles. The molecule has 96 valence electrons. The molecule has 0 amide bonds. The van der Waals surface area contributed by atoms with Crippen molar-refractivity contribution in [1.82, 2.24) is 5.32 Å². The summed E-state index contributed by atoms with van der Waals surface area (Å²) in [5.41, 5.74) is 0.192. The number of anilines is 1. The first-order valence-corrected chi connectivity index (χ1v) is 7.08. The third kappa shape index (κ3) is 4.89. The Balaban J connectivity index is 2.69. The highest BCUT2D eigenvalue weighted by Gasteiger charge is 2.12. The standard InChI is InChI=1S/C10H14ClFN2O2S/c1-13-5-2-6-17(15,16)14-10-4-3-8(12)7-9(10)11/h3-4,7,13-14H,2,5-6H2,1H3. The summed E-state index contributed by atoms with van der Waals surface area (Å²) < 4.78 is 38.3. The van der Waals surface area contributed by atoms with Crippen LogP contribution in [0.2, 0.25) is 5.02 Å². The van der Waals surface area contributed by atoms with Gasteiger partial charge in [-0.15, -0.1) is 0 Å². The highest BCUT2D eigenvalue weighted by molar-refractivity contribution is 7.92. The molecule has 0 unspecified atom stereocenters. The van der Waals surface area contributed by atoms with Crippen LogP contribution >= 0.6 is 11.6 Å². The minimum absolute atomic E-state index is 0.0124. The van der Waals surface area contributed by atoms with E-state index in [2.05, 4.69) is 10.0 Å². The van der Waals surface area contributed by atoms with Crippen molar-refractivity contribution in [3.8, 4) is 0 Å². The fourth-order valence-electron chi connectivity index (χ4n) is 1.23. The number of hydrogen-bond donors (Lipinski definition) is 2. The molecule has 0 heterocycles. The van der Waals surface area contributed by atoms with E-state index >= 15 is 0 Å². The fourth-order valence-corrected chi connectivity index (χ4v) is 2.64. The van der Waals surface area contributed by atoms with Crippen molar-refractivity contribution >= 4 is 27.3 Å². The third-order valence-corrected chi connectivity index (χ3v) is 3.71. The van der Waals surface area contributed by atoms with Gasteiger partial charge in [-0.2, -0.15) is 0 Å². The predicted octanol–water partition coefficient (Wildman–Crippen LogP) is 1.83. The van der Waals surface area contributed by atoms with Crippen LogP contribution in [0.25, 0.3) is 0 Å². The zero-order valence-corrected chi connectivity index (χ0v) is 10.9. The number of nitrogens with one attached hydrogen (secondary N) is 2. The average Bonchev–Trinajstić information content (AvgIpc) is 2.22. The molecule has 0 aliphatic rings. The van der Waals surface area contributed by atoms with E-state index in [4.69, 9.17) is 11.6 Å². The summed E-state index contributed by atoms with van der Waals surface area (Å²) >= 11 is 5.72. The quantitative estimate of drug-likeness (QED) is 0.782. The number of benzene rings is 1. The summed E-state index contributed by atoms with van der Waals surface area (Å²) in [6.45, 7) is 0.609. The summed E-state index contributed by atoms with van der Waals surface area (Å²) in [5.74, 6) is -0.519. The maximum atomic E-state index is 12.8. The molecule has 0 aliphatic carbocycles. The van der Waals surface area contributed by atoms with Crippen molar-refractivity contribution in [3.63, 3.8) is 0 Å². The van der Waals surface area contributed by atoms with E-state index in [1.807, 2.05) is 0 Å². The van der Waals surface area contributed by atoms with Crippen LogP contribution < -0.4 is 10.0 Å². The molecule has 1 aromatic carbocycles. The molecular formula is C10H14ClFN2O2S. The van der Waals surface area contributed by atoms with Crippen LogP contribution in [0.4, 0.5) is 10.1 Å². The molecule has 1 rings (SSSR count). The lowest BCUT2D eigenvalue weighted by molar-refractivity contribution is 0.596. The first-order chi connectivity index (χ1) is 7.94. The Morgan fingerprint density at radius 2 is 2.12 bits per heavy atom. The SMILES string of the molecule is CNCCCS(=O)(=O)Nc1ccc(F)cc1Cl. The van der Waals surface area contributed by atoms with E-state index < -0.39 is 15.8 Å². The van der Waals surface area contributed by atoms with Gasteiger partial charge in [0.1, 0.15) is 5.82 Å². The molecule has 2 N–H and O–H groups in total. The van der Waals surface area contributed by atoms with Gasteiger partial charge in [-0.3, -0.25) is 4.72 Å². The van der Waals surface area contributed by atoms with E-state index in [0.29, 0.717) is 13.0 Å². The Kier molecular flexibility index (Phi) is 5.17. The maximum absolute atomic E-state index is 12.8. The van der Waals surface area contributed by atoms with Gasteiger partial charge in [-0.05, 0) is 38.2 Å². The summed E-state index contributed by atoms with van der Waals surface area (Å²) in [5, 5.41) is 2.90. The lowest BCUT2D eigenvalue weighted by Gasteiger charge is -2.09. The Morgan fingerprint density at radius 1 is 1.41 bits per heavy atom. The van der Waals surface area contributed by atoms with E-state index in [1.54, 1.807) is 7.05 Å². The highest BCUT2D eigenvalue weighted by Crippen LogP contribution is 2.23. The lowest BCUT2D eigenvalue weighted by Crippen LogP contribution is -2.20. The summed E-state index contributed by atoms with van der Waals surface area (Å²) in [4.78, 5) is 0. The van der Waals surface area contributed by atoms with Crippen LogP contribution in [0, 0.1) is 5.82 Å². The van der Waals surface area contributed by atoms with Gasteiger partial charge in [0.25, 0.3) is 0 Å². The van der Waals surface area contributed by atoms with Gasteiger partial charge >= 0.3 is 0 Å². The van der Waals surface area contributed by atoms with Gasteiger partial charge in [0, 0.05) is 0 Å². The fraction of sp³-hybridized carbons (Fsp3) is 0.400. The topological polar surface area (TPSA) is 58.2 Å². The van der Waals surface area contributed by atoms with Crippen molar-refractivity contribution in [1.29, 1.82) is 0 Å². The van der Waals surface area contributed by atoms with Crippen LogP contribution in [-0.2, 0) is 10.0 Å². The summed E-state index contributed by atoms with van der Waals surface area (Å²) in [6.07, 6.45) is 0.491. The van der Waals surface area contributed by atoms with Crippen LogP contribution in [0.15, 0.2) is 18.2 Å². The van der Waals surface area contributed by atoms with Crippen molar-refractivity contribution < 1.29 is 12.8 Å². The molecule has 4 nitrogen and oxygen atoms in total. The molecule has 1 aromatic rings. The number of sulfonamides is 1. The normalized spacial score (nSPS) is 11.5. The summed E-state index contributed by atoms with van der Waals surface area (Å²) in [6, 6.07) is 3.51. The third-order valence-electron chi connectivity index (χ3n) is 2.04. The molecule has 0 saturated carbocycles. The Labute approximate surface area is 105 Å². The molecule has 17 heavy (non-hydrogen) atoms. The molecule has 0 radical (unpaired) electrons. The smallest absolute Gasteiger partial charge is 0.232 e. The number of hydrogen-bond acceptors (Lipinski definition) is 3. The Hall–Kier alpha value is -0.850. The van der Waals surface area contributed by atoms with Crippen LogP contribution in [0.1, 0.15) is 6.42 Å². The zero-order chi connectivity index (χ0) is 12.9. The van der Waals surface area contributed by atoms with Gasteiger partial charge in [-0.1, -0.05) is 11.6 Å². The molecule has 0 fully saturated rings. The maximum Gasteiger partial charge on any atom is 0.232 e. The van der Waals surface area contributed by atoms with Crippen LogP contribution in [0.3, 0.4) is 0 Å². The van der Waals surface area contributed by atoms with Crippen molar-refractivity contribution in [2.75, 3.05) is 24.1 Å². The lowest BCUT2D eigenvalue weighted by atomic mass is 10.3. The monoisotopic (exact) mass is 280 g/mol. The first kappa shape index (κ1) is 14.2. The molecular weight excluding hydrogens is 267 g/mol. The number of rotatable bonds is 6. The summed E-state index contributed by atoms with van der Waals surface area (Å²) in [7, 11) is -1.69. The van der Waals surface area contributed by atoms with E-state index in [9.17, 15) is 12.8 Å². The predicted molar refractivity (Wildman–Crippen MR) is 67.4 cm³/mol. The molecule has 0 spiro atoms. The van der Waals surface area contributed by atoms with Gasteiger partial charge in [0.2, 0.25) is 10.0 Å². The Bertz CT molecular complexity index is 479.